The highest BCUT2D eigenvalue weighted by atomic mass is 35.5. The molecule has 3 rings (SSSR count). The van der Waals surface area contributed by atoms with Gasteiger partial charge in [0.2, 0.25) is 15.9 Å². The summed E-state index contributed by atoms with van der Waals surface area (Å²) in [6, 6.07) is 1.45. The van der Waals surface area contributed by atoms with Gasteiger partial charge in [-0.25, -0.2) is 18.4 Å². The van der Waals surface area contributed by atoms with Crippen LogP contribution in [-0.4, -0.2) is 58.5 Å². The van der Waals surface area contributed by atoms with E-state index >= 15 is 0 Å². The molecule has 1 saturated carbocycles. The van der Waals surface area contributed by atoms with Crippen LogP contribution in [0.15, 0.2) is 16.7 Å². The third-order valence-electron chi connectivity index (χ3n) is 6.07. The van der Waals surface area contributed by atoms with E-state index in [4.69, 9.17) is 26.5 Å². The molecule has 2 aromatic rings. The number of anilines is 2. The minimum Gasteiger partial charge on any atom is -0.439 e. The molecule has 178 valence electrons. The molecule has 0 radical (unpaired) electrons. The van der Waals surface area contributed by atoms with Crippen LogP contribution >= 0.6 is 11.6 Å². The number of oxazole rings is 1. The zero-order valence-corrected chi connectivity index (χ0v) is 20.8. The van der Waals surface area contributed by atoms with Gasteiger partial charge in [0.15, 0.2) is 5.82 Å². The number of nitrogens with zero attached hydrogens (tertiary/aromatic N) is 4. The number of sulfonamides is 1. The number of halogens is 1. The van der Waals surface area contributed by atoms with Crippen LogP contribution in [-0.2, 0) is 14.8 Å². The molecule has 3 atom stereocenters. The molecule has 1 aliphatic rings. The van der Waals surface area contributed by atoms with Crippen LogP contribution in [0.25, 0.3) is 11.5 Å². The average Bonchev–Trinajstić information content (AvgIpc) is 3.22. The molecular weight excluding hydrogens is 454 g/mol. The smallest absolute Gasteiger partial charge is 0.233 e. The molecule has 1 fully saturated rings. The van der Waals surface area contributed by atoms with E-state index in [9.17, 15) is 8.42 Å². The number of nitrogens with two attached hydrogens (primary N) is 1. The van der Waals surface area contributed by atoms with Crippen molar-refractivity contribution >= 4 is 33.3 Å². The molecular formula is C21H32ClN5O4S. The molecule has 0 spiro atoms. The summed E-state index contributed by atoms with van der Waals surface area (Å²) in [4.78, 5) is 11.1. The molecule has 3 unspecified atom stereocenters. The lowest BCUT2D eigenvalue weighted by Gasteiger charge is -2.38. The van der Waals surface area contributed by atoms with Gasteiger partial charge in [-0.2, -0.15) is 0 Å². The van der Waals surface area contributed by atoms with Gasteiger partial charge in [0, 0.05) is 27.2 Å². The molecule has 2 N–H and O–H groups in total. The highest BCUT2D eigenvalue weighted by molar-refractivity contribution is 7.92. The monoisotopic (exact) mass is 485 g/mol. The van der Waals surface area contributed by atoms with E-state index in [0.717, 1.165) is 23.5 Å². The summed E-state index contributed by atoms with van der Waals surface area (Å²) in [7, 11) is -0.525. The van der Waals surface area contributed by atoms with E-state index in [2.05, 4.69) is 21.8 Å². The Bertz CT molecular complexity index is 1040. The van der Waals surface area contributed by atoms with Crippen molar-refractivity contribution in [3.05, 3.63) is 23.0 Å². The number of hydrogen-bond donors (Lipinski definition) is 1. The van der Waals surface area contributed by atoms with Crippen molar-refractivity contribution in [2.75, 3.05) is 49.3 Å². The Morgan fingerprint density at radius 3 is 2.62 bits per heavy atom. The predicted molar refractivity (Wildman–Crippen MR) is 127 cm³/mol. The molecule has 2 aromatic heterocycles. The lowest BCUT2D eigenvalue weighted by Crippen LogP contribution is -2.39. The van der Waals surface area contributed by atoms with E-state index in [1.165, 1.54) is 13.5 Å². The number of hydrogen-bond acceptors (Lipinski definition) is 8. The van der Waals surface area contributed by atoms with Crippen molar-refractivity contribution in [2.24, 2.45) is 17.6 Å². The van der Waals surface area contributed by atoms with Gasteiger partial charge < -0.3 is 19.8 Å². The Labute approximate surface area is 194 Å². The molecule has 0 aromatic carbocycles. The summed E-state index contributed by atoms with van der Waals surface area (Å²) in [5.41, 5.74) is 6.37. The molecule has 0 saturated heterocycles. The molecule has 9 nitrogen and oxygen atoms in total. The van der Waals surface area contributed by atoms with Crippen LogP contribution in [0.4, 0.5) is 11.6 Å². The maximum atomic E-state index is 12.3. The summed E-state index contributed by atoms with van der Waals surface area (Å²) in [6.45, 7) is 5.93. The zero-order chi connectivity index (χ0) is 23.6. The maximum Gasteiger partial charge on any atom is 0.233 e. The molecule has 1 aliphatic carbocycles. The van der Waals surface area contributed by atoms with E-state index < -0.39 is 10.0 Å². The van der Waals surface area contributed by atoms with Crippen molar-refractivity contribution < 1.29 is 17.6 Å². The Balaban J connectivity index is 2.12. The summed E-state index contributed by atoms with van der Waals surface area (Å²) >= 11 is 6.64. The average molecular weight is 486 g/mol. The number of pyridine rings is 1. The number of aromatic nitrogens is 2. The molecule has 0 amide bonds. The standard InChI is InChI=1S/C21H32ClN5O4S/c1-13-6-7-15(13)12-27(8-9-30-4)18-10-16(21-24-11-17(31-21)14(2)23)19(22)20(25-18)26(3)32(5,28)29/h10-11,13-15H,6-9,12,23H2,1-5H3. The Morgan fingerprint density at radius 2 is 2.12 bits per heavy atom. The Morgan fingerprint density at radius 1 is 1.41 bits per heavy atom. The normalized spacial score (nSPS) is 19.5. The first-order valence-corrected chi connectivity index (χ1v) is 12.9. The summed E-state index contributed by atoms with van der Waals surface area (Å²) in [5.74, 6) is 2.64. The number of ether oxygens (including phenoxy) is 1. The zero-order valence-electron chi connectivity index (χ0n) is 19.2. The summed E-state index contributed by atoms with van der Waals surface area (Å²) < 4.78 is 36.8. The molecule has 2 heterocycles. The quantitative estimate of drug-likeness (QED) is 0.545. The molecule has 11 heteroatoms. The van der Waals surface area contributed by atoms with Gasteiger partial charge in [-0.3, -0.25) is 4.31 Å². The first-order chi connectivity index (χ1) is 15.0. The predicted octanol–water partition coefficient (Wildman–Crippen LogP) is 3.30. The van der Waals surface area contributed by atoms with Crippen molar-refractivity contribution in [1.82, 2.24) is 9.97 Å². The Kier molecular flexibility index (Phi) is 7.69. The highest BCUT2D eigenvalue weighted by Gasteiger charge is 2.30. The molecule has 0 aliphatic heterocycles. The third kappa shape index (κ3) is 5.36. The maximum absolute atomic E-state index is 12.3. The van der Waals surface area contributed by atoms with E-state index in [1.807, 2.05) is 0 Å². The van der Waals surface area contributed by atoms with Crippen LogP contribution in [0.2, 0.25) is 5.02 Å². The largest absolute Gasteiger partial charge is 0.439 e. The fourth-order valence-electron chi connectivity index (χ4n) is 3.60. The first kappa shape index (κ1) is 24.8. The van der Waals surface area contributed by atoms with Crippen molar-refractivity contribution in [3.8, 4) is 11.5 Å². The van der Waals surface area contributed by atoms with Gasteiger partial charge in [-0.05, 0) is 31.2 Å². The van der Waals surface area contributed by atoms with Crippen molar-refractivity contribution in [3.63, 3.8) is 0 Å². The van der Waals surface area contributed by atoms with Gasteiger partial charge in [0.1, 0.15) is 11.6 Å². The van der Waals surface area contributed by atoms with Crippen molar-refractivity contribution in [1.29, 1.82) is 0 Å². The van der Waals surface area contributed by atoms with Crippen LogP contribution in [0, 0.1) is 11.8 Å². The minimum atomic E-state index is -3.60. The second-order valence-corrected chi connectivity index (χ2v) is 10.9. The van der Waals surface area contributed by atoms with E-state index in [0.29, 0.717) is 42.1 Å². The molecule has 32 heavy (non-hydrogen) atoms. The summed E-state index contributed by atoms with van der Waals surface area (Å²) in [6.07, 6.45) is 5.02. The van der Waals surface area contributed by atoms with Gasteiger partial charge in [0.25, 0.3) is 0 Å². The topological polar surface area (TPSA) is 115 Å². The minimum absolute atomic E-state index is 0.117. The van der Waals surface area contributed by atoms with Crippen LogP contribution in [0.5, 0.6) is 0 Å². The lowest BCUT2D eigenvalue weighted by molar-refractivity contribution is 0.183. The SMILES string of the molecule is COCCN(CC1CCC1C)c1cc(-c2ncc(C(C)N)o2)c(Cl)c(N(C)S(C)(=O)=O)n1. The fraction of sp³-hybridized carbons (Fsp3) is 0.619. The fourth-order valence-corrected chi connectivity index (χ4v) is 4.40. The van der Waals surface area contributed by atoms with E-state index in [-0.39, 0.29) is 22.8 Å². The van der Waals surface area contributed by atoms with Gasteiger partial charge in [0.05, 0.1) is 35.7 Å². The van der Waals surface area contributed by atoms with Gasteiger partial charge in [-0.1, -0.05) is 24.9 Å². The lowest BCUT2D eigenvalue weighted by atomic mass is 9.75. The van der Waals surface area contributed by atoms with Crippen LogP contribution in [0.3, 0.4) is 0 Å². The van der Waals surface area contributed by atoms with Gasteiger partial charge in [-0.15, -0.1) is 0 Å². The number of rotatable bonds is 10. The first-order valence-electron chi connectivity index (χ1n) is 10.6. The second kappa shape index (κ2) is 9.94. The third-order valence-corrected chi connectivity index (χ3v) is 7.61. The van der Waals surface area contributed by atoms with Gasteiger partial charge >= 0.3 is 0 Å². The highest BCUT2D eigenvalue weighted by Crippen LogP contribution is 2.40. The molecule has 0 bridgehead atoms. The second-order valence-electron chi connectivity index (χ2n) is 8.51. The number of methoxy groups -OCH3 is 1. The van der Waals surface area contributed by atoms with Crippen LogP contribution < -0.4 is 14.9 Å². The van der Waals surface area contributed by atoms with E-state index in [1.54, 1.807) is 26.3 Å². The summed E-state index contributed by atoms with van der Waals surface area (Å²) in [5, 5.41) is 0.142. The Hall–Kier alpha value is -1.88. The van der Waals surface area contributed by atoms with Crippen LogP contribution in [0.1, 0.15) is 38.5 Å². The van der Waals surface area contributed by atoms with Crippen molar-refractivity contribution in [2.45, 2.75) is 32.7 Å².